The molecule has 3 rings (SSSR count). The Bertz CT molecular complexity index is 831. The number of aromatic nitrogens is 1. The number of nitriles is 1. The molecule has 0 atom stereocenters. The highest BCUT2D eigenvalue weighted by molar-refractivity contribution is 5.82. The molecule has 0 amide bonds. The van der Waals surface area contributed by atoms with E-state index in [1.54, 1.807) is 6.07 Å². The predicted octanol–water partition coefficient (Wildman–Crippen LogP) is 4.03. The molecular formula is C18H15N3. The molecule has 0 radical (unpaired) electrons. The van der Waals surface area contributed by atoms with Crippen LogP contribution in [0.15, 0.2) is 54.6 Å². The van der Waals surface area contributed by atoms with Crippen molar-refractivity contribution in [3.8, 4) is 6.07 Å². The first-order valence-corrected chi connectivity index (χ1v) is 6.85. The van der Waals surface area contributed by atoms with Crippen molar-refractivity contribution < 1.29 is 0 Å². The molecule has 3 heteroatoms. The molecule has 1 N–H and O–H groups in total. The molecule has 0 fully saturated rings. The lowest BCUT2D eigenvalue weighted by molar-refractivity contribution is 1.13. The summed E-state index contributed by atoms with van der Waals surface area (Å²) in [6, 6.07) is 19.9. The number of hydrogen-bond donors (Lipinski definition) is 1. The number of anilines is 1. The topological polar surface area (TPSA) is 48.7 Å². The molecular weight excluding hydrogens is 258 g/mol. The molecule has 0 spiro atoms. The molecule has 0 saturated heterocycles. The van der Waals surface area contributed by atoms with E-state index in [2.05, 4.69) is 28.5 Å². The van der Waals surface area contributed by atoms with Gasteiger partial charge in [0.15, 0.2) is 0 Å². The molecule has 0 unspecified atom stereocenters. The fraction of sp³-hybridized carbons (Fsp3) is 0.111. The van der Waals surface area contributed by atoms with E-state index in [0.29, 0.717) is 12.1 Å². The van der Waals surface area contributed by atoms with Crippen LogP contribution in [0.3, 0.4) is 0 Å². The largest absolute Gasteiger partial charge is 0.381 e. The molecule has 3 nitrogen and oxygen atoms in total. The van der Waals surface area contributed by atoms with Crippen molar-refractivity contribution in [2.75, 3.05) is 5.32 Å². The van der Waals surface area contributed by atoms with Crippen molar-refractivity contribution in [1.29, 1.82) is 5.26 Å². The number of pyridine rings is 1. The van der Waals surface area contributed by atoms with E-state index in [0.717, 1.165) is 22.3 Å². The molecule has 21 heavy (non-hydrogen) atoms. The Morgan fingerprint density at radius 1 is 1.10 bits per heavy atom. The number of fused-ring (bicyclic) bond motifs is 1. The van der Waals surface area contributed by atoms with E-state index in [-0.39, 0.29) is 0 Å². The number of rotatable bonds is 3. The van der Waals surface area contributed by atoms with Gasteiger partial charge in [-0.2, -0.15) is 5.26 Å². The Balaban J connectivity index is 1.90. The van der Waals surface area contributed by atoms with Crippen molar-refractivity contribution in [2.45, 2.75) is 13.5 Å². The number of hydrogen-bond acceptors (Lipinski definition) is 3. The maximum Gasteiger partial charge on any atom is 0.0992 e. The van der Waals surface area contributed by atoms with Gasteiger partial charge in [0.2, 0.25) is 0 Å². The Kier molecular flexibility index (Phi) is 3.53. The Morgan fingerprint density at radius 2 is 1.95 bits per heavy atom. The molecule has 3 aromatic rings. The average molecular weight is 273 g/mol. The molecule has 2 aromatic carbocycles. The quantitative estimate of drug-likeness (QED) is 0.783. The third-order valence-electron chi connectivity index (χ3n) is 3.40. The van der Waals surface area contributed by atoms with Gasteiger partial charge in [0, 0.05) is 23.3 Å². The van der Waals surface area contributed by atoms with Gasteiger partial charge in [0.05, 0.1) is 17.1 Å². The Labute approximate surface area is 123 Å². The summed E-state index contributed by atoms with van der Waals surface area (Å²) in [5.74, 6) is 0. The number of para-hydroxylation sites is 1. The third-order valence-corrected chi connectivity index (χ3v) is 3.40. The number of benzene rings is 2. The van der Waals surface area contributed by atoms with Crippen molar-refractivity contribution in [3.63, 3.8) is 0 Å². The second kappa shape index (κ2) is 5.64. The summed E-state index contributed by atoms with van der Waals surface area (Å²) in [5.41, 5.74) is 4.85. The summed E-state index contributed by atoms with van der Waals surface area (Å²) < 4.78 is 0. The van der Waals surface area contributed by atoms with E-state index in [1.165, 1.54) is 5.56 Å². The van der Waals surface area contributed by atoms with Crippen LogP contribution in [0.4, 0.5) is 5.69 Å². The van der Waals surface area contributed by atoms with Crippen molar-refractivity contribution in [1.82, 2.24) is 4.98 Å². The first-order valence-electron chi connectivity index (χ1n) is 6.85. The van der Waals surface area contributed by atoms with E-state index in [9.17, 15) is 0 Å². The second-order valence-corrected chi connectivity index (χ2v) is 4.99. The van der Waals surface area contributed by atoms with Gasteiger partial charge < -0.3 is 5.32 Å². The first kappa shape index (κ1) is 13.1. The first-order chi connectivity index (χ1) is 10.3. The standard InChI is InChI=1S/C18H15N3/c1-13-9-15(17-7-2-3-8-18(17)21-13)12-20-16-6-4-5-14(10-16)11-19/h2-10,20H,12H2,1H3. The normalized spacial score (nSPS) is 10.3. The van der Waals surface area contributed by atoms with Crippen LogP contribution in [0.25, 0.3) is 10.9 Å². The summed E-state index contributed by atoms with van der Waals surface area (Å²) in [4.78, 5) is 4.55. The van der Waals surface area contributed by atoms with Crippen LogP contribution in [0.2, 0.25) is 0 Å². The lowest BCUT2D eigenvalue weighted by atomic mass is 10.1. The summed E-state index contributed by atoms with van der Waals surface area (Å²) in [6.45, 7) is 2.71. The zero-order valence-electron chi connectivity index (χ0n) is 11.8. The molecule has 1 aromatic heterocycles. The van der Waals surface area contributed by atoms with Gasteiger partial charge in [0.1, 0.15) is 0 Å². The number of nitrogens with one attached hydrogen (secondary N) is 1. The van der Waals surface area contributed by atoms with Gasteiger partial charge >= 0.3 is 0 Å². The SMILES string of the molecule is Cc1cc(CNc2cccc(C#N)c2)c2ccccc2n1. The monoisotopic (exact) mass is 273 g/mol. The van der Waals surface area contributed by atoms with E-state index in [1.807, 2.05) is 43.3 Å². The van der Waals surface area contributed by atoms with Crippen LogP contribution in [0, 0.1) is 18.3 Å². The highest BCUT2D eigenvalue weighted by atomic mass is 14.9. The molecule has 1 heterocycles. The summed E-state index contributed by atoms with van der Waals surface area (Å²) >= 11 is 0. The van der Waals surface area contributed by atoms with Crippen LogP contribution >= 0.6 is 0 Å². The number of nitrogens with zero attached hydrogens (tertiary/aromatic N) is 2. The maximum absolute atomic E-state index is 8.94. The fourth-order valence-corrected chi connectivity index (χ4v) is 2.44. The van der Waals surface area contributed by atoms with Crippen LogP contribution in [0.1, 0.15) is 16.8 Å². The van der Waals surface area contributed by atoms with Gasteiger partial charge in [-0.1, -0.05) is 24.3 Å². The van der Waals surface area contributed by atoms with Gasteiger partial charge in [-0.15, -0.1) is 0 Å². The fourth-order valence-electron chi connectivity index (χ4n) is 2.44. The Hall–Kier alpha value is -2.86. The second-order valence-electron chi connectivity index (χ2n) is 4.99. The lowest BCUT2D eigenvalue weighted by Gasteiger charge is -2.10. The minimum Gasteiger partial charge on any atom is -0.381 e. The summed E-state index contributed by atoms with van der Waals surface area (Å²) in [6.07, 6.45) is 0. The van der Waals surface area contributed by atoms with E-state index < -0.39 is 0 Å². The zero-order valence-corrected chi connectivity index (χ0v) is 11.8. The molecule has 0 aliphatic heterocycles. The minimum atomic E-state index is 0.663. The van der Waals surface area contributed by atoms with Gasteiger partial charge in [-0.25, -0.2) is 0 Å². The van der Waals surface area contributed by atoms with Crippen molar-refractivity contribution in [2.24, 2.45) is 0 Å². The maximum atomic E-state index is 8.94. The number of aryl methyl sites for hydroxylation is 1. The molecule has 0 bridgehead atoms. The molecule has 0 aliphatic carbocycles. The summed E-state index contributed by atoms with van der Waals surface area (Å²) in [7, 11) is 0. The minimum absolute atomic E-state index is 0.663. The lowest BCUT2D eigenvalue weighted by Crippen LogP contribution is -2.01. The highest BCUT2D eigenvalue weighted by Crippen LogP contribution is 2.20. The van der Waals surface area contributed by atoms with Crippen LogP contribution in [0.5, 0.6) is 0 Å². The molecule has 102 valence electrons. The third kappa shape index (κ3) is 2.85. The summed E-state index contributed by atoms with van der Waals surface area (Å²) in [5, 5.41) is 13.5. The molecule has 0 saturated carbocycles. The van der Waals surface area contributed by atoms with Crippen LogP contribution in [-0.2, 0) is 6.54 Å². The predicted molar refractivity (Wildman–Crippen MR) is 85.0 cm³/mol. The van der Waals surface area contributed by atoms with Crippen LogP contribution in [-0.4, -0.2) is 4.98 Å². The van der Waals surface area contributed by atoms with Gasteiger partial charge in [0.25, 0.3) is 0 Å². The van der Waals surface area contributed by atoms with Gasteiger partial charge in [-0.3, -0.25) is 4.98 Å². The smallest absolute Gasteiger partial charge is 0.0992 e. The van der Waals surface area contributed by atoms with Gasteiger partial charge in [-0.05, 0) is 42.8 Å². The molecule has 0 aliphatic rings. The highest BCUT2D eigenvalue weighted by Gasteiger charge is 2.03. The van der Waals surface area contributed by atoms with Crippen LogP contribution < -0.4 is 5.32 Å². The average Bonchev–Trinajstić information content (AvgIpc) is 2.52. The van der Waals surface area contributed by atoms with E-state index >= 15 is 0 Å². The van der Waals surface area contributed by atoms with Crippen molar-refractivity contribution >= 4 is 16.6 Å². The zero-order chi connectivity index (χ0) is 14.7. The van der Waals surface area contributed by atoms with E-state index in [4.69, 9.17) is 5.26 Å². The van der Waals surface area contributed by atoms with Crippen molar-refractivity contribution in [3.05, 3.63) is 71.4 Å². The Morgan fingerprint density at radius 3 is 2.81 bits per heavy atom.